The summed E-state index contributed by atoms with van der Waals surface area (Å²) in [5.74, 6) is 0. The predicted octanol–water partition coefficient (Wildman–Crippen LogP) is 4.17. The van der Waals surface area contributed by atoms with Crippen LogP contribution < -0.4 is 4.74 Å². The van der Waals surface area contributed by atoms with E-state index in [0.29, 0.717) is 18.2 Å². The quantitative estimate of drug-likeness (QED) is 0.804. The highest BCUT2D eigenvalue weighted by atomic mass is 79.9. The predicted molar refractivity (Wildman–Crippen MR) is 75.3 cm³/mol. The zero-order valence-corrected chi connectivity index (χ0v) is 12.8. The van der Waals surface area contributed by atoms with Crippen molar-refractivity contribution in [2.24, 2.45) is 0 Å². The van der Waals surface area contributed by atoms with Gasteiger partial charge >= 0.3 is 0 Å². The van der Waals surface area contributed by atoms with Gasteiger partial charge < -0.3 is 9.64 Å². The monoisotopic (exact) mass is 335 g/mol. The summed E-state index contributed by atoms with van der Waals surface area (Å²) in [5.41, 5.74) is 0. The molecule has 0 spiro atoms. The van der Waals surface area contributed by atoms with Crippen LogP contribution in [0.2, 0.25) is 4.34 Å². The first-order valence-corrected chi connectivity index (χ1v) is 7.95. The molecule has 0 N–H and O–H groups in total. The normalized spacial score (nSPS) is 33.0. The Morgan fingerprint density at radius 1 is 1.41 bits per heavy atom. The lowest BCUT2D eigenvalue weighted by Gasteiger charge is -2.36. The highest BCUT2D eigenvalue weighted by Gasteiger charge is 2.39. The summed E-state index contributed by atoms with van der Waals surface area (Å²) in [6.07, 6.45) is 5.31. The molecule has 0 aliphatic carbocycles. The first kappa shape index (κ1) is 12.3. The second kappa shape index (κ2) is 4.72. The van der Waals surface area contributed by atoms with Gasteiger partial charge in [0.2, 0.25) is 0 Å². The Kier molecular flexibility index (Phi) is 3.41. The minimum atomic E-state index is 0.356. The lowest BCUT2D eigenvalue weighted by molar-refractivity contribution is 0.0681. The van der Waals surface area contributed by atoms with E-state index in [-0.39, 0.29) is 0 Å². The smallest absolute Gasteiger partial charge is 0.189 e. The van der Waals surface area contributed by atoms with E-state index in [1.165, 1.54) is 24.2 Å². The second-order valence-corrected chi connectivity index (χ2v) is 7.45. The fourth-order valence-electron chi connectivity index (χ4n) is 3.01. The summed E-state index contributed by atoms with van der Waals surface area (Å²) in [6.45, 7) is 0. The molecule has 0 saturated carbocycles. The Hall–Kier alpha value is 0.230. The number of piperidine rings is 1. The van der Waals surface area contributed by atoms with Gasteiger partial charge in [-0.05, 0) is 54.7 Å². The molecule has 2 aliphatic rings. The van der Waals surface area contributed by atoms with Crippen LogP contribution in [-0.4, -0.2) is 30.1 Å². The van der Waals surface area contributed by atoms with E-state index in [2.05, 4.69) is 27.9 Å². The van der Waals surface area contributed by atoms with Gasteiger partial charge in [0.15, 0.2) is 5.06 Å². The van der Waals surface area contributed by atoms with Crippen LogP contribution in [0.25, 0.3) is 0 Å². The molecule has 1 unspecified atom stereocenters. The molecule has 17 heavy (non-hydrogen) atoms. The van der Waals surface area contributed by atoms with Gasteiger partial charge in [0.1, 0.15) is 6.10 Å². The minimum Gasteiger partial charge on any atom is -0.480 e. The Bertz CT molecular complexity index is 411. The molecule has 3 heterocycles. The molecule has 0 radical (unpaired) electrons. The fraction of sp³-hybridized carbons (Fsp3) is 0.667. The fourth-order valence-corrected chi connectivity index (χ4v) is 4.88. The molecule has 0 amide bonds. The van der Waals surface area contributed by atoms with Crippen LogP contribution in [0.1, 0.15) is 25.7 Å². The largest absolute Gasteiger partial charge is 0.480 e. The zero-order chi connectivity index (χ0) is 12.0. The van der Waals surface area contributed by atoms with E-state index < -0.39 is 0 Å². The van der Waals surface area contributed by atoms with Crippen molar-refractivity contribution in [2.45, 2.75) is 43.9 Å². The number of halogens is 2. The molecule has 2 fully saturated rings. The average molecular weight is 337 g/mol. The van der Waals surface area contributed by atoms with Gasteiger partial charge in [-0.1, -0.05) is 22.9 Å². The number of thiophene rings is 1. The Balaban J connectivity index is 1.69. The first-order valence-electron chi connectivity index (χ1n) is 5.97. The van der Waals surface area contributed by atoms with Crippen molar-refractivity contribution in [2.75, 3.05) is 7.05 Å². The summed E-state index contributed by atoms with van der Waals surface area (Å²) < 4.78 is 7.86. The van der Waals surface area contributed by atoms with Crippen LogP contribution in [0.3, 0.4) is 0 Å². The molecule has 3 atom stereocenters. The van der Waals surface area contributed by atoms with E-state index in [0.717, 1.165) is 26.7 Å². The maximum Gasteiger partial charge on any atom is 0.189 e. The third-order valence-electron chi connectivity index (χ3n) is 3.95. The molecule has 2 aliphatic heterocycles. The topological polar surface area (TPSA) is 12.5 Å². The summed E-state index contributed by atoms with van der Waals surface area (Å²) in [4.78, 5) is 2.52. The summed E-state index contributed by atoms with van der Waals surface area (Å²) in [6, 6.07) is 3.34. The van der Waals surface area contributed by atoms with E-state index in [9.17, 15) is 0 Å². The number of hydrogen-bond acceptors (Lipinski definition) is 3. The van der Waals surface area contributed by atoms with E-state index in [4.69, 9.17) is 16.3 Å². The molecule has 2 nitrogen and oxygen atoms in total. The molecule has 1 aromatic heterocycles. The van der Waals surface area contributed by atoms with Gasteiger partial charge in [0.25, 0.3) is 0 Å². The van der Waals surface area contributed by atoms with Crippen molar-refractivity contribution < 1.29 is 4.74 Å². The van der Waals surface area contributed by atoms with Crippen LogP contribution in [-0.2, 0) is 0 Å². The molecule has 5 heteroatoms. The zero-order valence-electron chi connectivity index (χ0n) is 9.66. The van der Waals surface area contributed by atoms with Crippen molar-refractivity contribution in [3.05, 3.63) is 14.9 Å². The SMILES string of the molecule is CN1[C@@H]2CC[C@H]1CC(Oc1sc(Cl)cc1Br)C2. The van der Waals surface area contributed by atoms with Crippen molar-refractivity contribution in [3.63, 3.8) is 0 Å². The molecule has 3 rings (SSSR count). The van der Waals surface area contributed by atoms with Crippen LogP contribution in [0, 0.1) is 0 Å². The second-order valence-electron chi connectivity index (χ2n) is 4.95. The molecule has 2 saturated heterocycles. The highest BCUT2D eigenvalue weighted by molar-refractivity contribution is 9.10. The molecule has 1 aromatic rings. The molecule has 2 bridgehead atoms. The number of nitrogens with zero attached hydrogens (tertiary/aromatic N) is 1. The number of hydrogen-bond donors (Lipinski definition) is 0. The summed E-state index contributed by atoms with van der Waals surface area (Å²) in [7, 11) is 2.25. The lowest BCUT2D eigenvalue weighted by Crippen LogP contribution is -2.43. The standard InChI is InChI=1S/C12H15BrClNOS/c1-15-7-2-3-8(15)5-9(4-7)16-12-10(13)6-11(14)17-12/h6-9H,2-5H2,1H3/t7-,8+,9?. The Labute approximate surface area is 119 Å². The van der Waals surface area contributed by atoms with E-state index in [1.807, 2.05) is 6.07 Å². The summed E-state index contributed by atoms with van der Waals surface area (Å²) >= 11 is 11.0. The van der Waals surface area contributed by atoms with Crippen LogP contribution >= 0.6 is 38.9 Å². The Morgan fingerprint density at radius 3 is 2.59 bits per heavy atom. The summed E-state index contributed by atoms with van der Waals surface area (Å²) in [5, 5.41) is 0.934. The highest BCUT2D eigenvalue weighted by Crippen LogP contribution is 2.41. The van der Waals surface area contributed by atoms with Gasteiger partial charge in [-0.15, -0.1) is 0 Å². The minimum absolute atomic E-state index is 0.356. The van der Waals surface area contributed by atoms with Gasteiger partial charge in [-0.2, -0.15) is 0 Å². The number of fused-ring (bicyclic) bond motifs is 2. The van der Waals surface area contributed by atoms with Crippen molar-refractivity contribution in [1.29, 1.82) is 0 Å². The van der Waals surface area contributed by atoms with Crippen molar-refractivity contribution >= 4 is 38.9 Å². The Morgan fingerprint density at radius 2 is 2.06 bits per heavy atom. The van der Waals surface area contributed by atoms with Crippen molar-refractivity contribution in [3.8, 4) is 5.06 Å². The van der Waals surface area contributed by atoms with Crippen molar-refractivity contribution in [1.82, 2.24) is 4.90 Å². The average Bonchev–Trinajstić information content (AvgIpc) is 2.68. The lowest BCUT2D eigenvalue weighted by atomic mass is 10.0. The molecular formula is C12H15BrClNOS. The maximum absolute atomic E-state index is 6.10. The van der Waals surface area contributed by atoms with Crippen LogP contribution in [0.15, 0.2) is 10.5 Å². The number of rotatable bonds is 2. The van der Waals surface area contributed by atoms with Crippen LogP contribution in [0.4, 0.5) is 0 Å². The number of ether oxygens (including phenoxy) is 1. The third kappa shape index (κ3) is 2.37. The van der Waals surface area contributed by atoms with Gasteiger partial charge in [-0.25, -0.2) is 0 Å². The maximum atomic E-state index is 6.10. The van der Waals surface area contributed by atoms with E-state index in [1.54, 1.807) is 0 Å². The van der Waals surface area contributed by atoms with E-state index >= 15 is 0 Å². The van der Waals surface area contributed by atoms with Gasteiger partial charge in [0.05, 0.1) is 8.81 Å². The molecular weight excluding hydrogens is 322 g/mol. The van der Waals surface area contributed by atoms with Gasteiger partial charge in [-0.3, -0.25) is 0 Å². The molecule has 94 valence electrons. The first-order chi connectivity index (χ1) is 8.13. The van der Waals surface area contributed by atoms with Crippen LogP contribution in [0.5, 0.6) is 5.06 Å². The third-order valence-corrected chi connectivity index (χ3v) is 5.96. The van der Waals surface area contributed by atoms with Gasteiger partial charge in [0, 0.05) is 12.1 Å². The molecule has 0 aromatic carbocycles.